The fraction of sp³-hybridized carbons (Fsp3) is 0.133. The molecule has 1 aromatic heterocycles. The summed E-state index contributed by atoms with van der Waals surface area (Å²) in [5.41, 5.74) is -0.0834. The fourth-order valence-electron chi connectivity index (χ4n) is 2.23. The van der Waals surface area contributed by atoms with E-state index >= 15 is 0 Å². The summed E-state index contributed by atoms with van der Waals surface area (Å²) in [4.78, 5) is 28.9. The maximum atomic E-state index is 12.5. The van der Waals surface area contributed by atoms with E-state index in [2.05, 4.69) is 4.98 Å². The third-order valence-corrected chi connectivity index (χ3v) is 3.35. The van der Waals surface area contributed by atoms with Gasteiger partial charge in [0.15, 0.2) is 0 Å². The van der Waals surface area contributed by atoms with E-state index in [0.29, 0.717) is 17.3 Å². The first-order valence-corrected chi connectivity index (χ1v) is 6.35. The highest BCUT2D eigenvalue weighted by Gasteiger charge is 2.35. The molecule has 22 heavy (non-hydrogen) atoms. The van der Waals surface area contributed by atoms with Crippen LogP contribution in [-0.4, -0.2) is 21.7 Å². The summed E-state index contributed by atoms with van der Waals surface area (Å²) >= 11 is 0. The zero-order chi connectivity index (χ0) is 15.9. The average molecular weight is 306 g/mol. The standard InChI is InChI=1S/C15H9F3N2O2/c16-15(17,18)9-5-6-10(19-7-9)8-20-13(21)11-3-1-2-4-12(11)14(20)22/h1-7H,8H2. The molecule has 0 aliphatic carbocycles. The van der Waals surface area contributed by atoms with E-state index in [1.54, 1.807) is 12.1 Å². The van der Waals surface area contributed by atoms with Crippen LogP contribution in [0, 0.1) is 0 Å². The molecule has 112 valence electrons. The highest BCUT2D eigenvalue weighted by Crippen LogP contribution is 2.29. The Morgan fingerprint density at radius 1 is 0.955 bits per heavy atom. The van der Waals surface area contributed by atoms with E-state index < -0.39 is 23.6 Å². The largest absolute Gasteiger partial charge is 0.417 e. The number of rotatable bonds is 2. The Balaban J connectivity index is 1.83. The van der Waals surface area contributed by atoms with Crippen LogP contribution in [0.2, 0.25) is 0 Å². The molecular weight excluding hydrogens is 297 g/mol. The third kappa shape index (κ3) is 2.34. The molecular formula is C15H9F3N2O2. The first-order chi connectivity index (χ1) is 10.4. The molecule has 0 bridgehead atoms. The van der Waals surface area contributed by atoms with Crippen LogP contribution in [0.25, 0.3) is 0 Å². The monoisotopic (exact) mass is 306 g/mol. The summed E-state index contributed by atoms with van der Waals surface area (Å²) in [5.74, 6) is -0.940. The van der Waals surface area contributed by atoms with Crippen molar-refractivity contribution in [2.75, 3.05) is 0 Å². The predicted molar refractivity (Wildman–Crippen MR) is 69.9 cm³/mol. The van der Waals surface area contributed by atoms with Crippen LogP contribution in [-0.2, 0) is 12.7 Å². The summed E-state index contributed by atoms with van der Waals surface area (Å²) in [6, 6.07) is 8.39. The Hall–Kier alpha value is -2.70. The van der Waals surface area contributed by atoms with Gasteiger partial charge in [0.05, 0.1) is 28.9 Å². The van der Waals surface area contributed by atoms with E-state index in [9.17, 15) is 22.8 Å². The highest BCUT2D eigenvalue weighted by molar-refractivity contribution is 6.21. The number of benzene rings is 1. The molecule has 0 atom stereocenters. The molecule has 1 aliphatic heterocycles. The molecule has 4 nitrogen and oxygen atoms in total. The molecule has 0 unspecified atom stereocenters. The molecule has 0 saturated heterocycles. The summed E-state index contributed by atoms with van der Waals surface area (Å²) < 4.78 is 37.4. The molecule has 1 aromatic carbocycles. The van der Waals surface area contributed by atoms with Crippen LogP contribution in [0.15, 0.2) is 42.6 Å². The number of halogens is 3. The van der Waals surface area contributed by atoms with Crippen molar-refractivity contribution >= 4 is 11.8 Å². The minimum atomic E-state index is -4.47. The molecule has 0 fully saturated rings. The average Bonchev–Trinajstić information content (AvgIpc) is 2.73. The molecule has 3 rings (SSSR count). The van der Waals surface area contributed by atoms with Crippen LogP contribution in [0.4, 0.5) is 13.2 Å². The summed E-state index contributed by atoms with van der Waals surface area (Å²) in [7, 11) is 0. The van der Waals surface area contributed by atoms with Gasteiger partial charge in [-0.1, -0.05) is 12.1 Å². The lowest BCUT2D eigenvalue weighted by Crippen LogP contribution is -2.29. The van der Waals surface area contributed by atoms with Gasteiger partial charge in [0, 0.05) is 6.20 Å². The SMILES string of the molecule is O=C1c2ccccc2C(=O)N1Cc1ccc(C(F)(F)F)cn1. The molecule has 1 aliphatic rings. The van der Waals surface area contributed by atoms with Crippen LogP contribution in [0.1, 0.15) is 32.0 Å². The topological polar surface area (TPSA) is 50.3 Å². The second-order valence-corrected chi connectivity index (χ2v) is 4.78. The van der Waals surface area contributed by atoms with Gasteiger partial charge < -0.3 is 0 Å². The molecule has 2 amide bonds. The van der Waals surface area contributed by atoms with Crippen LogP contribution < -0.4 is 0 Å². The smallest absolute Gasteiger partial charge is 0.269 e. The second kappa shape index (κ2) is 4.94. The zero-order valence-electron chi connectivity index (χ0n) is 11.1. The van der Waals surface area contributed by atoms with Gasteiger partial charge in [0.2, 0.25) is 0 Å². The number of aromatic nitrogens is 1. The van der Waals surface area contributed by atoms with Crippen molar-refractivity contribution in [2.24, 2.45) is 0 Å². The number of imide groups is 1. The summed E-state index contributed by atoms with van der Waals surface area (Å²) in [6.45, 7) is -0.162. The van der Waals surface area contributed by atoms with Crippen molar-refractivity contribution in [1.29, 1.82) is 0 Å². The lowest BCUT2D eigenvalue weighted by molar-refractivity contribution is -0.137. The minimum absolute atomic E-state index is 0.162. The van der Waals surface area contributed by atoms with Gasteiger partial charge in [0.1, 0.15) is 0 Å². The highest BCUT2D eigenvalue weighted by atomic mass is 19.4. The second-order valence-electron chi connectivity index (χ2n) is 4.78. The maximum absolute atomic E-state index is 12.5. The predicted octanol–water partition coefficient (Wildman–Crippen LogP) is 2.90. The van der Waals surface area contributed by atoms with Crippen molar-refractivity contribution in [3.05, 3.63) is 65.0 Å². The summed E-state index contributed by atoms with van der Waals surface area (Å²) in [5, 5.41) is 0. The van der Waals surface area contributed by atoms with Gasteiger partial charge in [-0.2, -0.15) is 13.2 Å². The molecule has 0 radical (unpaired) electrons. The van der Waals surface area contributed by atoms with Crippen molar-refractivity contribution in [3.63, 3.8) is 0 Å². The fourth-order valence-corrected chi connectivity index (χ4v) is 2.23. The molecule has 0 saturated carbocycles. The maximum Gasteiger partial charge on any atom is 0.417 e. The van der Waals surface area contributed by atoms with E-state index in [1.165, 1.54) is 12.1 Å². The van der Waals surface area contributed by atoms with Crippen molar-refractivity contribution < 1.29 is 22.8 Å². The molecule has 2 aromatic rings. The molecule has 0 N–H and O–H groups in total. The van der Waals surface area contributed by atoms with Crippen molar-refractivity contribution in [1.82, 2.24) is 9.88 Å². The van der Waals surface area contributed by atoms with E-state index in [1.807, 2.05) is 0 Å². The number of pyridine rings is 1. The Morgan fingerprint density at radius 3 is 2.00 bits per heavy atom. The number of nitrogens with zero attached hydrogens (tertiary/aromatic N) is 2. The molecule has 7 heteroatoms. The number of carbonyl (C=O) groups excluding carboxylic acids is 2. The van der Waals surface area contributed by atoms with Gasteiger partial charge in [-0.15, -0.1) is 0 Å². The van der Waals surface area contributed by atoms with Crippen molar-refractivity contribution in [3.8, 4) is 0 Å². The minimum Gasteiger partial charge on any atom is -0.269 e. The zero-order valence-corrected chi connectivity index (χ0v) is 11.1. The summed E-state index contributed by atoms with van der Waals surface area (Å²) in [6.07, 6.45) is -3.78. The Bertz CT molecular complexity index is 719. The first-order valence-electron chi connectivity index (χ1n) is 6.35. The Kier molecular flexibility index (Phi) is 3.20. The Morgan fingerprint density at radius 2 is 1.55 bits per heavy atom. The number of fused-ring (bicyclic) bond motifs is 1. The first kappa shape index (κ1) is 14.2. The van der Waals surface area contributed by atoms with Gasteiger partial charge in [-0.3, -0.25) is 19.5 Å². The van der Waals surface area contributed by atoms with Crippen molar-refractivity contribution in [2.45, 2.75) is 12.7 Å². The van der Waals surface area contributed by atoms with E-state index in [-0.39, 0.29) is 12.2 Å². The quantitative estimate of drug-likeness (QED) is 0.802. The van der Waals surface area contributed by atoms with Crippen LogP contribution in [0.3, 0.4) is 0 Å². The van der Waals surface area contributed by atoms with Gasteiger partial charge >= 0.3 is 6.18 Å². The lowest BCUT2D eigenvalue weighted by atomic mass is 10.1. The number of hydrogen-bond donors (Lipinski definition) is 0. The Labute approximate surface area is 123 Å². The molecule has 0 spiro atoms. The number of alkyl halides is 3. The van der Waals surface area contributed by atoms with Crippen LogP contribution in [0.5, 0.6) is 0 Å². The molecule has 2 heterocycles. The van der Waals surface area contributed by atoms with E-state index in [0.717, 1.165) is 17.0 Å². The number of hydrogen-bond acceptors (Lipinski definition) is 3. The van der Waals surface area contributed by atoms with E-state index in [4.69, 9.17) is 0 Å². The van der Waals surface area contributed by atoms with Gasteiger partial charge in [-0.25, -0.2) is 0 Å². The lowest BCUT2D eigenvalue weighted by Gasteiger charge is -2.13. The van der Waals surface area contributed by atoms with Crippen LogP contribution >= 0.6 is 0 Å². The normalized spacial score (nSPS) is 14.4. The van der Waals surface area contributed by atoms with Gasteiger partial charge in [-0.05, 0) is 24.3 Å². The number of amides is 2. The van der Waals surface area contributed by atoms with Gasteiger partial charge in [0.25, 0.3) is 11.8 Å². The number of carbonyl (C=O) groups is 2. The third-order valence-electron chi connectivity index (χ3n) is 3.35.